The fraction of sp³-hybridized carbons (Fsp3) is 0.154. The van der Waals surface area contributed by atoms with Crippen LogP contribution in [0.4, 0.5) is 10.1 Å². The van der Waals surface area contributed by atoms with Crippen LogP contribution in [-0.2, 0) is 0 Å². The lowest BCUT2D eigenvalue weighted by Crippen LogP contribution is -2.15. The van der Waals surface area contributed by atoms with E-state index in [9.17, 15) is 9.18 Å². The molecule has 0 atom stereocenters. The van der Waals surface area contributed by atoms with Crippen molar-refractivity contribution in [1.82, 2.24) is 0 Å². The summed E-state index contributed by atoms with van der Waals surface area (Å²) >= 11 is 0. The van der Waals surface area contributed by atoms with Crippen molar-refractivity contribution in [2.75, 3.05) is 19.5 Å². The largest absolute Gasteiger partial charge is 0.493 e. The third-order valence-electron chi connectivity index (χ3n) is 2.48. The highest BCUT2D eigenvalue weighted by Crippen LogP contribution is 2.37. The predicted molar refractivity (Wildman–Crippen MR) is 71.0 cm³/mol. The molecular formula is C13H11FN4O3. The number of hydrogen-bond donors (Lipinski definition) is 2. The van der Waals surface area contributed by atoms with Gasteiger partial charge in [0.1, 0.15) is 17.7 Å². The Morgan fingerprint density at radius 1 is 1.38 bits per heavy atom. The first-order valence-electron chi connectivity index (χ1n) is 5.51. The average Bonchev–Trinajstić information content (AvgIpc) is 2.48. The second kappa shape index (κ2) is 6.78. The Hall–Kier alpha value is -3.26. The minimum Gasteiger partial charge on any atom is -0.493 e. The summed E-state index contributed by atoms with van der Waals surface area (Å²) in [5.41, 5.74) is 4.34. The molecule has 0 aliphatic heterocycles. The number of allylic oxidation sites excluding steroid dienone is 1. The number of methoxy groups -OCH3 is 2. The third kappa shape index (κ3) is 3.19. The number of amides is 1. The number of nitrogens with zero attached hydrogens (tertiary/aromatic N) is 2. The number of halogens is 1. The summed E-state index contributed by atoms with van der Waals surface area (Å²) in [6, 6.07) is 4.36. The van der Waals surface area contributed by atoms with Crippen LogP contribution in [0.25, 0.3) is 0 Å². The van der Waals surface area contributed by atoms with E-state index in [2.05, 4.69) is 5.32 Å². The molecular weight excluding hydrogens is 279 g/mol. The van der Waals surface area contributed by atoms with E-state index in [0.717, 1.165) is 6.20 Å². The summed E-state index contributed by atoms with van der Waals surface area (Å²) in [5.74, 6) is -2.11. The van der Waals surface area contributed by atoms with Crippen LogP contribution in [0.15, 0.2) is 17.8 Å². The summed E-state index contributed by atoms with van der Waals surface area (Å²) in [6.45, 7) is 0. The van der Waals surface area contributed by atoms with Crippen LogP contribution in [-0.4, -0.2) is 20.1 Å². The predicted octanol–water partition coefficient (Wildman–Crippen LogP) is 1.28. The Bertz CT molecular complexity index is 670. The number of anilines is 1. The normalized spacial score (nSPS) is 9.00. The van der Waals surface area contributed by atoms with Crippen LogP contribution >= 0.6 is 0 Å². The first-order chi connectivity index (χ1) is 9.99. The van der Waals surface area contributed by atoms with Gasteiger partial charge in [0.15, 0.2) is 17.3 Å². The second-order valence-electron chi connectivity index (χ2n) is 3.64. The maximum Gasteiger partial charge on any atom is 0.251 e. The van der Waals surface area contributed by atoms with Crippen molar-refractivity contribution < 1.29 is 18.7 Å². The van der Waals surface area contributed by atoms with Crippen molar-refractivity contribution in [3.05, 3.63) is 29.2 Å². The third-order valence-corrected chi connectivity index (χ3v) is 2.48. The second-order valence-corrected chi connectivity index (χ2v) is 3.64. The Balaban J connectivity index is 3.49. The number of benzene rings is 1. The van der Waals surface area contributed by atoms with Gasteiger partial charge in [-0.3, -0.25) is 4.79 Å². The zero-order chi connectivity index (χ0) is 16.0. The van der Waals surface area contributed by atoms with E-state index in [-0.39, 0.29) is 28.3 Å². The fourth-order valence-corrected chi connectivity index (χ4v) is 1.52. The molecule has 1 amide bonds. The molecule has 0 saturated carbocycles. The van der Waals surface area contributed by atoms with Crippen molar-refractivity contribution >= 4 is 11.6 Å². The minimum absolute atomic E-state index is 0.0147. The molecule has 0 bridgehead atoms. The lowest BCUT2D eigenvalue weighted by molar-refractivity contribution is 0.1000. The number of nitrogens with two attached hydrogens (primary N) is 1. The van der Waals surface area contributed by atoms with E-state index >= 15 is 0 Å². The van der Waals surface area contributed by atoms with Gasteiger partial charge in [0.25, 0.3) is 5.91 Å². The van der Waals surface area contributed by atoms with Gasteiger partial charge in [-0.05, 0) is 6.07 Å². The molecule has 0 aromatic heterocycles. The average molecular weight is 290 g/mol. The molecule has 0 spiro atoms. The number of ether oxygens (including phenoxy) is 2. The van der Waals surface area contributed by atoms with Crippen molar-refractivity contribution in [1.29, 1.82) is 10.5 Å². The molecule has 0 aliphatic rings. The highest BCUT2D eigenvalue weighted by molar-refractivity contribution is 6.00. The topological polar surface area (TPSA) is 121 Å². The molecule has 0 heterocycles. The van der Waals surface area contributed by atoms with Gasteiger partial charge in [-0.2, -0.15) is 10.5 Å². The molecule has 0 saturated heterocycles. The summed E-state index contributed by atoms with van der Waals surface area (Å²) in [7, 11) is 2.50. The molecule has 0 unspecified atom stereocenters. The van der Waals surface area contributed by atoms with Crippen LogP contribution < -0.4 is 20.5 Å². The van der Waals surface area contributed by atoms with Crippen molar-refractivity contribution in [2.45, 2.75) is 0 Å². The van der Waals surface area contributed by atoms with E-state index in [1.807, 2.05) is 0 Å². The van der Waals surface area contributed by atoms with Gasteiger partial charge < -0.3 is 20.5 Å². The molecule has 21 heavy (non-hydrogen) atoms. The quantitative estimate of drug-likeness (QED) is 0.788. The molecule has 0 radical (unpaired) electrons. The minimum atomic E-state index is -0.933. The fourth-order valence-electron chi connectivity index (χ4n) is 1.52. The summed E-state index contributed by atoms with van der Waals surface area (Å²) in [5, 5.41) is 19.6. The van der Waals surface area contributed by atoms with Gasteiger partial charge in [0, 0.05) is 6.20 Å². The standard InChI is InChI=1S/C13H11FN4O3/c1-20-9-3-8(13(17)19)11(10(14)12(9)21-2)18-6-7(4-15)5-16/h3,6,18H,1-2H3,(H2,17,19). The molecule has 0 fully saturated rings. The highest BCUT2D eigenvalue weighted by Gasteiger charge is 2.22. The number of hydrogen-bond acceptors (Lipinski definition) is 6. The summed E-state index contributed by atoms with van der Waals surface area (Å²) < 4.78 is 24.1. The van der Waals surface area contributed by atoms with E-state index in [0.29, 0.717) is 0 Å². The van der Waals surface area contributed by atoms with Gasteiger partial charge in [-0.25, -0.2) is 4.39 Å². The maximum absolute atomic E-state index is 14.3. The number of nitriles is 2. The summed E-state index contributed by atoms with van der Waals surface area (Å²) in [6.07, 6.45) is 0.955. The molecule has 1 rings (SSSR count). The van der Waals surface area contributed by atoms with Crippen molar-refractivity contribution in [3.63, 3.8) is 0 Å². The lowest BCUT2D eigenvalue weighted by atomic mass is 10.1. The van der Waals surface area contributed by atoms with E-state index in [4.69, 9.17) is 25.7 Å². The van der Waals surface area contributed by atoms with Crippen LogP contribution in [0.5, 0.6) is 11.5 Å². The first kappa shape index (κ1) is 15.8. The summed E-state index contributed by atoms with van der Waals surface area (Å²) in [4.78, 5) is 11.4. The Kier molecular flexibility index (Phi) is 5.10. The number of carbonyl (C=O) groups is 1. The van der Waals surface area contributed by atoms with Crippen LogP contribution in [0.1, 0.15) is 10.4 Å². The number of primary amides is 1. The highest BCUT2D eigenvalue weighted by atomic mass is 19.1. The zero-order valence-electron chi connectivity index (χ0n) is 11.2. The molecule has 3 N–H and O–H groups in total. The van der Waals surface area contributed by atoms with Crippen molar-refractivity contribution in [2.24, 2.45) is 5.73 Å². The van der Waals surface area contributed by atoms with Gasteiger partial charge >= 0.3 is 0 Å². The first-order valence-corrected chi connectivity index (χ1v) is 5.51. The molecule has 0 aliphatic carbocycles. The van der Waals surface area contributed by atoms with Gasteiger partial charge in [-0.1, -0.05) is 0 Å². The molecule has 108 valence electrons. The zero-order valence-corrected chi connectivity index (χ0v) is 11.2. The Labute approximate surface area is 120 Å². The Morgan fingerprint density at radius 3 is 2.43 bits per heavy atom. The number of nitrogens with one attached hydrogen (secondary N) is 1. The molecule has 1 aromatic carbocycles. The van der Waals surface area contributed by atoms with E-state index < -0.39 is 11.7 Å². The number of carbonyl (C=O) groups excluding carboxylic acids is 1. The van der Waals surface area contributed by atoms with Gasteiger partial charge in [0.05, 0.1) is 25.5 Å². The van der Waals surface area contributed by atoms with Crippen molar-refractivity contribution in [3.8, 4) is 23.6 Å². The maximum atomic E-state index is 14.3. The number of rotatable bonds is 5. The molecule has 8 heteroatoms. The monoisotopic (exact) mass is 290 g/mol. The van der Waals surface area contributed by atoms with Crippen LogP contribution in [0.3, 0.4) is 0 Å². The van der Waals surface area contributed by atoms with Gasteiger partial charge in [0.2, 0.25) is 0 Å². The molecule has 7 nitrogen and oxygen atoms in total. The smallest absolute Gasteiger partial charge is 0.251 e. The molecule has 1 aromatic rings. The van der Waals surface area contributed by atoms with Gasteiger partial charge in [-0.15, -0.1) is 0 Å². The Morgan fingerprint density at radius 2 is 2.00 bits per heavy atom. The van der Waals surface area contributed by atoms with E-state index in [1.165, 1.54) is 20.3 Å². The van der Waals surface area contributed by atoms with E-state index in [1.54, 1.807) is 12.1 Å². The SMILES string of the molecule is COc1cc(C(N)=O)c(NC=C(C#N)C#N)c(F)c1OC. The van der Waals surface area contributed by atoms with Crippen LogP contribution in [0, 0.1) is 28.5 Å². The van der Waals surface area contributed by atoms with Crippen LogP contribution in [0.2, 0.25) is 0 Å². The lowest BCUT2D eigenvalue weighted by Gasteiger charge is -2.14.